The smallest absolute Gasteiger partial charge is 0.397 e. The van der Waals surface area contributed by atoms with Crippen LogP contribution in [0.2, 0.25) is 0 Å². The lowest BCUT2D eigenvalue weighted by Crippen LogP contribution is -2.28. The van der Waals surface area contributed by atoms with Crippen molar-refractivity contribution in [3.63, 3.8) is 0 Å². The lowest BCUT2D eigenvalue weighted by Gasteiger charge is -2.08. The summed E-state index contributed by atoms with van der Waals surface area (Å²) in [7, 11) is 1.61. The van der Waals surface area contributed by atoms with E-state index in [0.717, 1.165) is 6.33 Å². The van der Waals surface area contributed by atoms with Crippen molar-refractivity contribution in [2.45, 2.75) is 12.7 Å². The molecule has 5 nitrogen and oxygen atoms in total. The summed E-state index contributed by atoms with van der Waals surface area (Å²) in [6.45, 7) is -1.37. The Kier molecular flexibility index (Phi) is 3.61. The number of hydrogen-bond acceptors (Lipinski definition) is 3. The van der Waals surface area contributed by atoms with Crippen LogP contribution in [0, 0.1) is 0 Å². The van der Waals surface area contributed by atoms with E-state index in [-0.39, 0.29) is 29.1 Å². The summed E-state index contributed by atoms with van der Waals surface area (Å²) in [5.41, 5.74) is 5.16. The molecule has 18 heavy (non-hydrogen) atoms. The van der Waals surface area contributed by atoms with Crippen molar-refractivity contribution >= 4 is 29.1 Å². The van der Waals surface area contributed by atoms with Gasteiger partial charge in [-0.2, -0.15) is 13.2 Å². The fourth-order valence-corrected chi connectivity index (χ4v) is 1.64. The highest BCUT2D eigenvalue weighted by Gasteiger charge is 2.29. The van der Waals surface area contributed by atoms with Gasteiger partial charge in [0.25, 0.3) is 5.56 Å². The number of nitrogen functional groups attached to an aromatic ring is 1. The van der Waals surface area contributed by atoms with Crippen molar-refractivity contribution in [1.29, 1.82) is 0 Å². The molecule has 0 saturated carbocycles. The Morgan fingerprint density at radius 2 is 2.06 bits per heavy atom. The van der Waals surface area contributed by atoms with Gasteiger partial charge in [0.1, 0.15) is 23.9 Å². The number of nitrogens with two attached hydrogens (primary N) is 1. The minimum Gasteiger partial charge on any atom is -0.397 e. The van der Waals surface area contributed by atoms with E-state index in [1.54, 1.807) is 7.05 Å². The number of hydrogen-bond donors (Lipinski definition) is 1. The Bertz CT molecular complexity index is 631. The summed E-state index contributed by atoms with van der Waals surface area (Å²) in [6.07, 6.45) is -2.16. The molecule has 0 fully saturated rings. The molecule has 0 aromatic carbocycles. The number of nitrogens with zero attached hydrogens (tertiary/aromatic N) is 3. The summed E-state index contributed by atoms with van der Waals surface area (Å²) < 4.78 is 38.6. The molecule has 0 aliphatic carbocycles. The van der Waals surface area contributed by atoms with Crippen LogP contribution in [0.1, 0.15) is 0 Å². The van der Waals surface area contributed by atoms with Crippen LogP contribution in [0.3, 0.4) is 0 Å². The quantitative estimate of drug-likeness (QED) is 0.857. The molecule has 0 atom stereocenters. The molecule has 2 heterocycles. The molecule has 0 bridgehead atoms. The molecule has 100 valence electrons. The summed E-state index contributed by atoms with van der Waals surface area (Å²) in [4.78, 5) is 15.6. The lowest BCUT2D eigenvalue weighted by atomic mass is 10.3. The molecule has 0 unspecified atom stereocenters. The van der Waals surface area contributed by atoms with Crippen molar-refractivity contribution in [2.75, 3.05) is 5.73 Å². The fraction of sp³-hybridized carbons (Fsp3) is 0.333. The Hall–Kier alpha value is -1.70. The predicted molar refractivity (Wildman–Crippen MR) is 62.7 cm³/mol. The summed E-state index contributed by atoms with van der Waals surface area (Å²) >= 11 is 0. The first-order valence-electron chi connectivity index (χ1n) is 4.66. The number of fused-ring (bicyclic) bond motifs is 1. The third kappa shape index (κ3) is 2.42. The van der Waals surface area contributed by atoms with E-state index in [2.05, 4.69) is 4.98 Å². The zero-order valence-electron chi connectivity index (χ0n) is 9.23. The lowest BCUT2D eigenvalue weighted by molar-refractivity contribution is -0.141. The van der Waals surface area contributed by atoms with Gasteiger partial charge in [-0.1, -0.05) is 0 Å². The van der Waals surface area contributed by atoms with Crippen LogP contribution in [0.5, 0.6) is 0 Å². The second-order valence-electron chi connectivity index (χ2n) is 3.69. The Balaban J connectivity index is 0.00000162. The first-order valence-corrected chi connectivity index (χ1v) is 4.66. The molecular formula is C9H10ClF3N4O. The maximum absolute atomic E-state index is 12.2. The molecule has 0 saturated heterocycles. The maximum atomic E-state index is 12.2. The van der Waals surface area contributed by atoms with Crippen LogP contribution in [0.15, 0.2) is 17.3 Å². The van der Waals surface area contributed by atoms with Gasteiger partial charge in [-0.15, -0.1) is 12.4 Å². The number of halogens is 4. The van der Waals surface area contributed by atoms with Gasteiger partial charge in [-0.05, 0) is 0 Å². The first-order chi connectivity index (χ1) is 7.79. The van der Waals surface area contributed by atoms with E-state index in [4.69, 9.17) is 5.73 Å². The normalized spacial score (nSPS) is 11.6. The molecule has 0 aliphatic heterocycles. The van der Waals surface area contributed by atoms with E-state index >= 15 is 0 Å². The van der Waals surface area contributed by atoms with Gasteiger partial charge in [0, 0.05) is 13.2 Å². The maximum Gasteiger partial charge on any atom is 0.406 e. The average Bonchev–Trinajstić information content (AvgIpc) is 2.45. The van der Waals surface area contributed by atoms with Crippen LogP contribution in [0.4, 0.5) is 18.9 Å². The molecule has 9 heteroatoms. The van der Waals surface area contributed by atoms with Crippen molar-refractivity contribution < 1.29 is 13.2 Å². The van der Waals surface area contributed by atoms with Gasteiger partial charge >= 0.3 is 6.18 Å². The van der Waals surface area contributed by atoms with Gasteiger partial charge in [0.2, 0.25) is 0 Å². The summed E-state index contributed by atoms with van der Waals surface area (Å²) in [5.74, 6) is 0. The predicted octanol–water partition coefficient (Wildman–Crippen LogP) is 1.30. The highest BCUT2D eigenvalue weighted by molar-refractivity contribution is 5.88. The highest BCUT2D eigenvalue weighted by atomic mass is 35.5. The van der Waals surface area contributed by atoms with Crippen molar-refractivity contribution in [3.8, 4) is 0 Å². The molecule has 2 aromatic heterocycles. The Morgan fingerprint density at radius 3 is 2.61 bits per heavy atom. The van der Waals surface area contributed by atoms with Gasteiger partial charge in [0.05, 0.1) is 5.69 Å². The Morgan fingerprint density at radius 1 is 1.44 bits per heavy atom. The number of aryl methyl sites for hydroxylation is 1. The van der Waals surface area contributed by atoms with Crippen LogP contribution >= 0.6 is 12.4 Å². The SMILES string of the molecule is Cl.Cn1cc(N)c2c(=O)n(CC(F)(F)F)cnc21. The standard InChI is InChI=1S/C9H9F3N4O.ClH/c1-15-2-5(13)6-7(15)14-4-16(8(6)17)3-9(10,11)12;/h2,4H,3,13H2,1H3;1H. The van der Waals surface area contributed by atoms with E-state index in [1.165, 1.54) is 10.8 Å². The van der Waals surface area contributed by atoms with Crippen LogP contribution < -0.4 is 11.3 Å². The van der Waals surface area contributed by atoms with Gasteiger partial charge in [-0.25, -0.2) is 4.98 Å². The topological polar surface area (TPSA) is 65.8 Å². The Labute approximate surface area is 105 Å². The first kappa shape index (κ1) is 14.4. The van der Waals surface area contributed by atoms with Crippen LogP contribution in [-0.4, -0.2) is 20.3 Å². The largest absolute Gasteiger partial charge is 0.406 e. The zero-order valence-corrected chi connectivity index (χ0v) is 10.0. The monoisotopic (exact) mass is 282 g/mol. The van der Waals surface area contributed by atoms with Crippen molar-refractivity contribution in [3.05, 3.63) is 22.9 Å². The molecule has 0 amide bonds. The molecule has 0 radical (unpaired) electrons. The molecule has 0 spiro atoms. The minimum atomic E-state index is -4.47. The van der Waals surface area contributed by atoms with Crippen molar-refractivity contribution in [2.24, 2.45) is 7.05 Å². The van der Waals surface area contributed by atoms with Crippen molar-refractivity contribution in [1.82, 2.24) is 14.1 Å². The van der Waals surface area contributed by atoms with Gasteiger partial charge in [-0.3, -0.25) is 9.36 Å². The third-order valence-corrected chi connectivity index (χ3v) is 2.32. The number of alkyl halides is 3. The van der Waals surface area contributed by atoms with E-state index in [1.807, 2.05) is 0 Å². The molecular weight excluding hydrogens is 273 g/mol. The van der Waals surface area contributed by atoms with Crippen LogP contribution in [0.25, 0.3) is 11.0 Å². The second kappa shape index (κ2) is 4.52. The van der Waals surface area contributed by atoms with E-state index in [0.29, 0.717) is 4.57 Å². The second-order valence-corrected chi connectivity index (χ2v) is 3.69. The molecule has 0 aliphatic rings. The highest BCUT2D eigenvalue weighted by Crippen LogP contribution is 2.19. The summed E-state index contributed by atoms with van der Waals surface area (Å²) in [6, 6.07) is 0. The molecule has 2 aromatic rings. The number of rotatable bonds is 1. The minimum absolute atomic E-state index is 0. The third-order valence-electron chi connectivity index (χ3n) is 2.32. The number of anilines is 1. The van der Waals surface area contributed by atoms with Gasteiger partial charge in [0.15, 0.2) is 0 Å². The molecule has 2 rings (SSSR count). The average molecular weight is 283 g/mol. The fourth-order valence-electron chi connectivity index (χ4n) is 1.64. The molecule has 2 N–H and O–H groups in total. The van der Waals surface area contributed by atoms with E-state index < -0.39 is 18.3 Å². The zero-order chi connectivity index (χ0) is 12.8. The van der Waals surface area contributed by atoms with Gasteiger partial charge < -0.3 is 10.3 Å². The number of aromatic nitrogens is 3. The summed E-state index contributed by atoms with van der Waals surface area (Å²) in [5, 5.41) is 0.0132. The van der Waals surface area contributed by atoms with E-state index in [9.17, 15) is 18.0 Å². The van der Waals surface area contributed by atoms with Crippen LogP contribution in [-0.2, 0) is 13.6 Å².